The number of carbonyl (C=O) groups excluding carboxylic acids is 4. The van der Waals surface area contributed by atoms with Crippen LogP contribution in [0.5, 0.6) is 0 Å². The molecule has 0 aromatic heterocycles. The van der Waals surface area contributed by atoms with E-state index in [1.54, 1.807) is 150 Å². The molecule has 27 heteroatoms. The lowest BCUT2D eigenvalue weighted by molar-refractivity contribution is -0.129. The molecule has 138 heavy (non-hydrogen) atoms. The number of likely N-dealkylation sites (tertiary alicyclic amines) is 1. The Labute approximate surface area is 809 Å². The summed E-state index contributed by atoms with van der Waals surface area (Å²) in [6.45, 7) is 6.37. The van der Waals surface area contributed by atoms with Gasteiger partial charge in [-0.2, -0.15) is 5.26 Å². The number of hydrogen-bond acceptors (Lipinski definition) is 9. The summed E-state index contributed by atoms with van der Waals surface area (Å²) in [7, 11) is 0. The van der Waals surface area contributed by atoms with Gasteiger partial charge in [0, 0.05) is 67.0 Å². The standard InChI is InChI=1S/C26H24F3NOS.C25H24F3NOS.C22H18F3NOS.C21H16F3NOS.C17H11F2N/c27-21-12-8-19(9-13-21)26(20-10-14-22(28)15-11-20,23-6-2-3-7-24(23)29)32-18-25(31)30-16-4-1-5-17-30;1-3-29(4-2)24(30)17-31-25(18-9-13-20(26)14-10-18,19-11-15-21(27)16-12-19)22-7-5-6-8-23(22)28;23-17-9-5-15(6-10-17)22(28-14-13-21(26)27,16-7-11-18(24)12-8-16)19-3-1-2-4-20(19)25;22-16-9-5-14(6-10-16)21(27-13-20(25)26,15-7-11-17(23)12-8-15)18-3-1-2-4-19(18)24;1-2-11-17(12-20,13-3-7-15(18)8-4-13)14-5-9-16(19)10-6-14/h2-3,6-15H,1,4-5,16-18H2;5-16H,3-4,17H2,1-2H3;1-12H,13-14H2,(H2,26,27);1-12H,13H2,(H2,25,26);1,3-10H,11H2. The van der Waals surface area contributed by atoms with Gasteiger partial charge in [0.25, 0.3) is 0 Å². The van der Waals surface area contributed by atoms with E-state index >= 15 is 8.78 Å². The molecule has 4 amide bonds. The number of nitriles is 1. The Morgan fingerprint density at radius 3 is 0.783 bits per heavy atom. The number of piperidine rings is 1. The third-order valence-electron chi connectivity index (χ3n) is 23.0. The van der Waals surface area contributed by atoms with Crippen molar-refractivity contribution in [2.45, 2.75) is 70.4 Å². The molecule has 0 atom stereocenters. The number of hydrogen-bond donors (Lipinski definition) is 2. The van der Waals surface area contributed by atoms with Gasteiger partial charge in [-0.05, 0) is 234 Å². The van der Waals surface area contributed by atoms with Gasteiger partial charge in [0.05, 0.1) is 42.3 Å². The third kappa shape index (κ3) is 25.4. The molecule has 1 saturated heterocycles. The normalized spacial score (nSPS) is 12.0. The summed E-state index contributed by atoms with van der Waals surface area (Å²) < 4.78 is 191. The highest BCUT2D eigenvalue weighted by Gasteiger charge is 2.45. The van der Waals surface area contributed by atoms with Crippen molar-refractivity contribution < 1.29 is 80.6 Å². The zero-order chi connectivity index (χ0) is 99.2. The second kappa shape index (κ2) is 49.4. The predicted octanol–water partition coefficient (Wildman–Crippen LogP) is 25.6. The van der Waals surface area contributed by atoms with Crippen LogP contribution >= 0.6 is 47.0 Å². The van der Waals surface area contributed by atoms with Crippen LogP contribution in [-0.2, 0) is 43.6 Å². The molecule has 0 radical (unpaired) electrons. The lowest BCUT2D eigenvalue weighted by Gasteiger charge is -2.36. The minimum absolute atomic E-state index is 0.0142. The van der Waals surface area contributed by atoms with E-state index in [1.165, 1.54) is 229 Å². The van der Waals surface area contributed by atoms with E-state index in [0.29, 0.717) is 91.2 Å². The molecule has 4 N–H and O–H groups in total. The van der Waals surface area contributed by atoms with Crippen LogP contribution in [0.15, 0.2) is 340 Å². The SMILES string of the molecule is C#CCC(C#N)(c1ccc(F)cc1)c1ccc(F)cc1.CCN(CC)C(=O)CSC(c1ccc(F)cc1)(c1ccc(F)cc1)c1ccccc1F.NC(=O)CCSC(c1ccc(F)cc1)(c1ccc(F)cc1)c1ccccc1F.NC(=O)CSC(c1ccc(F)cc1)(c1ccc(F)cc1)c1ccccc1F.O=C(CSC(c1ccc(F)cc1)(c1ccc(F)cc1)c1ccccc1F)N1CCCCC1. The second-order valence-electron chi connectivity index (χ2n) is 31.5. The molecule has 0 saturated carbocycles. The van der Waals surface area contributed by atoms with Crippen LogP contribution in [0.3, 0.4) is 0 Å². The molecule has 708 valence electrons. The molecule has 0 aliphatic carbocycles. The number of primary amides is 2. The summed E-state index contributed by atoms with van der Waals surface area (Å²) in [5.41, 5.74) is 16.7. The van der Waals surface area contributed by atoms with Gasteiger partial charge in [-0.15, -0.1) is 59.4 Å². The maximum atomic E-state index is 15.2. The topological polar surface area (TPSA) is 151 Å². The summed E-state index contributed by atoms with van der Waals surface area (Å²) in [6.07, 6.45) is 8.65. The van der Waals surface area contributed by atoms with E-state index in [4.69, 9.17) is 17.9 Å². The van der Waals surface area contributed by atoms with Gasteiger partial charge in [-0.3, -0.25) is 19.2 Å². The molecule has 1 heterocycles. The molecular formula is C111H93F14N5O4S4. The van der Waals surface area contributed by atoms with Crippen molar-refractivity contribution in [2.75, 3.05) is 49.2 Å². The molecule has 1 aliphatic rings. The Hall–Kier alpha value is -13.6. The van der Waals surface area contributed by atoms with Crippen LogP contribution < -0.4 is 11.5 Å². The lowest BCUT2D eigenvalue weighted by Crippen LogP contribution is -2.38. The first-order valence-corrected chi connectivity index (χ1v) is 47.5. The van der Waals surface area contributed by atoms with Crippen LogP contribution in [0.2, 0.25) is 0 Å². The Balaban J connectivity index is 0.000000167. The molecule has 14 aromatic carbocycles. The first-order chi connectivity index (χ1) is 66.4. The van der Waals surface area contributed by atoms with Crippen LogP contribution in [-0.4, -0.2) is 82.6 Å². The average Bonchev–Trinajstić information content (AvgIpc) is 0.757. The molecule has 9 nitrogen and oxygen atoms in total. The Morgan fingerprint density at radius 1 is 0.326 bits per heavy atom. The van der Waals surface area contributed by atoms with Crippen molar-refractivity contribution in [3.05, 3.63) is 499 Å². The van der Waals surface area contributed by atoms with Gasteiger partial charge in [-0.25, -0.2) is 61.5 Å². The highest BCUT2D eigenvalue weighted by molar-refractivity contribution is 8.02. The highest BCUT2D eigenvalue weighted by Crippen LogP contribution is 2.54. The van der Waals surface area contributed by atoms with Gasteiger partial charge in [0.2, 0.25) is 23.6 Å². The fraction of sp³-hybridized carbons (Fsp3) is 0.180. The van der Waals surface area contributed by atoms with Crippen molar-refractivity contribution in [2.24, 2.45) is 11.5 Å². The number of terminal acetylenes is 1. The van der Waals surface area contributed by atoms with Crippen molar-refractivity contribution >= 4 is 70.7 Å². The summed E-state index contributed by atoms with van der Waals surface area (Å²) in [4.78, 5) is 52.2. The zero-order valence-corrected chi connectivity index (χ0v) is 77.9. The number of nitrogens with zero attached hydrogens (tertiary/aromatic N) is 3. The van der Waals surface area contributed by atoms with Crippen LogP contribution in [0.1, 0.15) is 124 Å². The Morgan fingerprint density at radius 2 is 0.558 bits per heavy atom. The number of thioether (sulfide) groups is 4. The number of rotatable bonds is 30. The van der Waals surface area contributed by atoms with Crippen molar-refractivity contribution in [3.8, 4) is 18.4 Å². The monoisotopic (exact) mass is 1950 g/mol. The van der Waals surface area contributed by atoms with E-state index in [9.17, 15) is 77.1 Å². The molecule has 0 bridgehead atoms. The molecule has 0 spiro atoms. The van der Waals surface area contributed by atoms with Gasteiger partial charge >= 0.3 is 0 Å². The minimum atomic E-state index is -1.21. The number of halogens is 14. The van der Waals surface area contributed by atoms with Crippen molar-refractivity contribution in [1.82, 2.24) is 9.80 Å². The van der Waals surface area contributed by atoms with E-state index in [1.807, 2.05) is 18.7 Å². The van der Waals surface area contributed by atoms with Crippen LogP contribution in [0.25, 0.3) is 0 Å². The van der Waals surface area contributed by atoms with E-state index < -0.39 is 106 Å². The third-order valence-corrected chi connectivity index (χ3v) is 29.1. The molecule has 1 fully saturated rings. The Kier molecular flexibility index (Phi) is 37.6. The molecule has 15 rings (SSSR count). The first-order valence-electron chi connectivity index (χ1n) is 43.5. The van der Waals surface area contributed by atoms with Crippen molar-refractivity contribution in [3.63, 3.8) is 0 Å². The van der Waals surface area contributed by atoms with Crippen LogP contribution in [0, 0.1) is 105 Å². The Bertz CT molecular complexity index is 6250. The van der Waals surface area contributed by atoms with Gasteiger partial charge < -0.3 is 21.3 Å². The number of nitrogens with two attached hydrogens (primary N) is 2. The van der Waals surface area contributed by atoms with E-state index in [2.05, 4.69) is 12.0 Å². The summed E-state index contributed by atoms with van der Waals surface area (Å²) in [5.74, 6) is -4.33. The largest absolute Gasteiger partial charge is 0.370 e. The fourth-order valence-corrected chi connectivity index (χ4v) is 22.0. The summed E-state index contributed by atoms with van der Waals surface area (Å²) in [5, 5.41) is 9.62. The lowest BCUT2D eigenvalue weighted by atomic mass is 9.73. The maximum absolute atomic E-state index is 15.2. The van der Waals surface area contributed by atoms with E-state index in [0.717, 1.165) is 44.1 Å². The first kappa shape index (κ1) is 105. The van der Waals surface area contributed by atoms with Gasteiger partial charge in [-0.1, -0.05) is 194 Å². The highest BCUT2D eigenvalue weighted by atomic mass is 32.2. The smallest absolute Gasteiger partial charge is 0.232 e. The fourth-order valence-electron chi connectivity index (χ4n) is 16.2. The summed E-state index contributed by atoms with van der Waals surface area (Å²) >= 11 is 4.92. The predicted molar refractivity (Wildman–Crippen MR) is 520 cm³/mol. The van der Waals surface area contributed by atoms with Crippen LogP contribution in [0.4, 0.5) is 61.5 Å². The van der Waals surface area contributed by atoms with Crippen molar-refractivity contribution in [1.29, 1.82) is 5.26 Å². The number of carbonyl (C=O) groups is 4. The molecular weight excluding hydrogens is 1860 g/mol. The minimum Gasteiger partial charge on any atom is -0.370 e. The second-order valence-corrected chi connectivity index (χ2v) is 36.4. The molecule has 14 aromatic rings. The zero-order valence-electron chi connectivity index (χ0n) is 74.7. The maximum Gasteiger partial charge on any atom is 0.232 e. The van der Waals surface area contributed by atoms with E-state index in [-0.39, 0.29) is 59.1 Å². The number of benzene rings is 14. The molecule has 1 aliphatic heterocycles. The van der Waals surface area contributed by atoms with Gasteiger partial charge in [0.1, 0.15) is 86.9 Å². The average molecular weight is 1960 g/mol. The number of amides is 4. The quantitative estimate of drug-likeness (QED) is 0.0255. The van der Waals surface area contributed by atoms with Gasteiger partial charge in [0.15, 0.2) is 0 Å². The molecule has 0 unspecified atom stereocenters. The summed E-state index contributed by atoms with van der Waals surface area (Å²) in [6, 6.07) is 84.3.